The van der Waals surface area contributed by atoms with E-state index in [-0.39, 0.29) is 24.1 Å². The van der Waals surface area contributed by atoms with Gasteiger partial charge in [0.05, 0.1) is 12.7 Å². The Bertz CT molecular complexity index is 843. The first-order valence-electron chi connectivity index (χ1n) is 10.4. The van der Waals surface area contributed by atoms with Crippen LogP contribution in [0.5, 0.6) is 0 Å². The van der Waals surface area contributed by atoms with Crippen LogP contribution in [0.2, 0.25) is 0 Å². The molecular formula is C21H26N4O4. The van der Waals surface area contributed by atoms with Crippen molar-refractivity contribution in [3.05, 3.63) is 34.9 Å². The highest BCUT2D eigenvalue weighted by atomic mass is 16.5. The molecule has 4 unspecified atom stereocenters. The summed E-state index contributed by atoms with van der Waals surface area (Å²) in [6.45, 7) is 2.82. The summed E-state index contributed by atoms with van der Waals surface area (Å²) in [4.78, 5) is 38.1. The van der Waals surface area contributed by atoms with Crippen LogP contribution in [0.3, 0.4) is 0 Å². The monoisotopic (exact) mass is 398 g/mol. The van der Waals surface area contributed by atoms with E-state index in [9.17, 15) is 14.4 Å². The van der Waals surface area contributed by atoms with Crippen LogP contribution in [-0.2, 0) is 27.4 Å². The zero-order chi connectivity index (χ0) is 20.0. The third-order valence-electron chi connectivity index (χ3n) is 6.53. The number of carbonyl (C=O) groups is 3. The maximum atomic E-state index is 12.9. The molecule has 0 aromatic heterocycles. The standard InChI is InChI=1S/C21H26N4O4/c26-19-4-3-17(20(27)24-19)25-11-13-2-1-12(7-15(13)21(25)28)10-23-14-8-16-18(9-14)29-6-5-22-16/h1-2,7,14,16-18,22-23H,3-6,8-11H2,(H,24,26,27). The number of amides is 3. The number of morpholine rings is 1. The number of ether oxygens (including phenoxy) is 1. The highest BCUT2D eigenvalue weighted by molar-refractivity contribution is 6.05. The summed E-state index contributed by atoms with van der Waals surface area (Å²) in [5, 5.41) is 9.46. The van der Waals surface area contributed by atoms with Gasteiger partial charge in [0.25, 0.3) is 5.91 Å². The number of hydrogen-bond acceptors (Lipinski definition) is 6. The van der Waals surface area contributed by atoms with Gasteiger partial charge < -0.3 is 20.3 Å². The molecule has 0 radical (unpaired) electrons. The Balaban J connectivity index is 1.22. The Morgan fingerprint density at radius 1 is 1.21 bits per heavy atom. The second kappa shape index (κ2) is 7.51. The van der Waals surface area contributed by atoms with Gasteiger partial charge in [-0.2, -0.15) is 0 Å². The number of nitrogens with one attached hydrogen (secondary N) is 3. The highest BCUT2D eigenvalue weighted by Gasteiger charge is 2.39. The topological polar surface area (TPSA) is 99.8 Å². The van der Waals surface area contributed by atoms with Gasteiger partial charge in [-0.25, -0.2) is 0 Å². The van der Waals surface area contributed by atoms with Crippen molar-refractivity contribution in [2.45, 2.75) is 63.0 Å². The fourth-order valence-corrected chi connectivity index (χ4v) is 4.99. The van der Waals surface area contributed by atoms with Gasteiger partial charge in [-0.05, 0) is 36.5 Å². The first-order valence-corrected chi connectivity index (χ1v) is 10.4. The van der Waals surface area contributed by atoms with Crippen LogP contribution >= 0.6 is 0 Å². The maximum absolute atomic E-state index is 12.9. The Hall–Kier alpha value is -2.29. The normalized spacial score (nSPS) is 31.6. The van der Waals surface area contributed by atoms with Gasteiger partial charge in [-0.1, -0.05) is 12.1 Å². The van der Waals surface area contributed by atoms with Crippen LogP contribution in [-0.4, -0.2) is 60.0 Å². The molecule has 154 valence electrons. The third kappa shape index (κ3) is 3.56. The number of fused-ring (bicyclic) bond motifs is 2. The van der Waals surface area contributed by atoms with E-state index < -0.39 is 6.04 Å². The molecule has 4 atom stereocenters. The number of rotatable bonds is 4. The van der Waals surface area contributed by atoms with Gasteiger partial charge in [0, 0.05) is 43.7 Å². The summed E-state index contributed by atoms with van der Waals surface area (Å²) in [6, 6.07) is 6.24. The molecule has 1 aliphatic carbocycles. The molecule has 4 aliphatic rings. The zero-order valence-corrected chi connectivity index (χ0v) is 16.3. The fraction of sp³-hybridized carbons (Fsp3) is 0.571. The number of imide groups is 1. The van der Waals surface area contributed by atoms with Crippen LogP contribution in [0.1, 0.15) is 47.2 Å². The van der Waals surface area contributed by atoms with E-state index in [4.69, 9.17) is 4.74 Å². The quantitative estimate of drug-likeness (QED) is 0.620. The summed E-state index contributed by atoms with van der Waals surface area (Å²) >= 11 is 0. The summed E-state index contributed by atoms with van der Waals surface area (Å²) in [5.74, 6) is -0.764. The SMILES string of the molecule is O=C1CCC(N2Cc3ccc(CNC4CC5NCCOC5C4)cc3C2=O)C(=O)N1. The summed E-state index contributed by atoms with van der Waals surface area (Å²) < 4.78 is 5.84. The molecule has 3 amide bonds. The average Bonchev–Trinajstić information content (AvgIpc) is 3.27. The van der Waals surface area contributed by atoms with E-state index in [2.05, 4.69) is 16.0 Å². The molecule has 3 N–H and O–H groups in total. The molecule has 1 saturated carbocycles. The van der Waals surface area contributed by atoms with Crippen molar-refractivity contribution in [3.63, 3.8) is 0 Å². The van der Waals surface area contributed by atoms with E-state index in [1.807, 2.05) is 18.2 Å². The van der Waals surface area contributed by atoms with Crippen molar-refractivity contribution in [1.82, 2.24) is 20.9 Å². The molecular weight excluding hydrogens is 372 g/mol. The van der Waals surface area contributed by atoms with Gasteiger partial charge in [0.2, 0.25) is 11.8 Å². The minimum Gasteiger partial charge on any atom is -0.375 e. The molecule has 8 heteroatoms. The lowest BCUT2D eigenvalue weighted by molar-refractivity contribution is -0.136. The fourth-order valence-electron chi connectivity index (χ4n) is 4.99. The van der Waals surface area contributed by atoms with Crippen LogP contribution in [0, 0.1) is 0 Å². The predicted molar refractivity (Wildman–Crippen MR) is 104 cm³/mol. The molecule has 3 fully saturated rings. The van der Waals surface area contributed by atoms with Gasteiger partial charge in [-0.15, -0.1) is 0 Å². The summed E-state index contributed by atoms with van der Waals surface area (Å²) in [6.07, 6.45) is 3.01. The number of nitrogens with zero attached hydrogens (tertiary/aromatic N) is 1. The molecule has 1 aromatic rings. The molecule has 0 bridgehead atoms. The van der Waals surface area contributed by atoms with Gasteiger partial charge >= 0.3 is 0 Å². The molecule has 5 rings (SSSR count). The minimum atomic E-state index is -0.566. The Morgan fingerprint density at radius 3 is 2.93 bits per heavy atom. The Kier molecular flexibility index (Phi) is 4.85. The van der Waals surface area contributed by atoms with E-state index in [1.165, 1.54) is 0 Å². The maximum Gasteiger partial charge on any atom is 0.255 e. The largest absolute Gasteiger partial charge is 0.375 e. The number of piperidine rings is 1. The molecule has 3 heterocycles. The minimum absolute atomic E-state index is 0.124. The number of benzene rings is 1. The van der Waals surface area contributed by atoms with Crippen LogP contribution in [0.15, 0.2) is 18.2 Å². The first-order chi connectivity index (χ1) is 14.1. The van der Waals surface area contributed by atoms with Gasteiger partial charge in [-0.3, -0.25) is 19.7 Å². The van der Waals surface area contributed by atoms with Crippen LogP contribution in [0.4, 0.5) is 0 Å². The smallest absolute Gasteiger partial charge is 0.255 e. The molecule has 2 saturated heterocycles. The number of hydrogen-bond donors (Lipinski definition) is 3. The third-order valence-corrected chi connectivity index (χ3v) is 6.53. The van der Waals surface area contributed by atoms with E-state index >= 15 is 0 Å². The lowest BCUT2D eigenvalue weighted by Gasteiger charge is -2.29. The lowest BCUT2D eigenvalue weighted by Crippen LogP contribution is -2.52. The van der Waals surface area contributed by atoms with Crippen molar-refractivity contribution in [2.24, 2.45) is 0 Å². The Morgan fingerprint density at radius 2 is 2.10 bits per heavy atom. The second-order valence-corrected chi connectivity index (χ2v) is 8.41. The molecule has 0 spiro atoms. The van der Waals surface area contributed by atoms with Crippen molar-refractivity contribution in [3.8, 4) is 0 Å². The molecule has 8 nitrogen and oxygen atoms in total. The highest BCUT2D eigenvalue weighted by Crippen LogP contribution is 2.29. The van der Waals surface area contributed by atoms with E-state index in [0.29, 0.717) is 43.3 Å². The summed E-state index contributed by atoms with van der Waals surface area (Å²) in [7, 11) is 0. The predicted octanol–water partition coefficient (Wildman–Crippen LogP) is 0.0566. The first kappa shape index (κ1) is 18.7. The molecule has 1 aromatic carbocycles. The van der Waals surface area contributed by atoms with Crippen LogP contribution in [0.25, 0.3) is 0 Å². The average molecular weight is 398 g/mol. The van der Waals surface area contributed by atoms with E-state index in [0.717, 1.165) is 37.1 Å². The van der Waals surface area contributed by atoms with Gasteiger partial charge in [0.15, 0.2) is 0 Å². The second-order valence-electron chi connectivity index (χ2n) is 8.41. The van der Waals surface area contributed by atoms with E-state index in [1.54, 1.807) is 4.90 Å². The van der Waals surface area contributed by atoms with Crippen molar-refractivity contribution in [1.29, 1.82) is 0 Å². The molecule has 3 aliphatic heterocycles. The van der Waals surface area contributed by atoms with Gasteiger partial charge in [0.1, 0.15) is 6.04 Å². The van der Waals surface area contributed by atoms with Crippen molar-refractivity contribution >= 4 is 17.7 Å². The lowest BCUT2D eigenvalue weighted by atomic mass is 10.0. The molecule has 29 heavy (non-hydrogen) atoms. The van der Waals surface area contributed by atoms with Crippen LogP contribution < -0.4 is 16.0 Å². The zero-order valence-electron chi connectivity index (χ0n) is 16.3. The van der Waals surface area contributed by atoms with Crippen molar-refractivity contribution < 1.29 is 19.1 Å². The summed E-state index contributed by atoms with van der Waals surface area (Å²) in [5.41, 5.74) is 2.66. The van der Waals surface area contributed by atoms with Crippen molar-refractivity contribution in [2.75, 3.05) is 13.2 Å². The Labute approximate surface area is 169 Å². The number of carbonyl (C=O) groups excluding carboxylic acids is 3.